The Kier molecular flexibility index (Phi) is 8.35. The van der Waals surface area contributed by atoms with Crippen LogP contribution in [-0.2, 0) is 0 Å². The zero-order chi connectivity index (χ0) is 6.24. The van der Waals surface area contributed by atoms with Crippen molar-refractivity contribution in [1.82, 2.24) is 5.32 Å². The van der Waals surface area contributed by atoms with Crippen LogP contribution in [0.15, 0.2) is 0 Å². The van der Waals surface area contributed by atoms with Crippen LogP contribution in [0.25, 0.3) is 0 Å². The fourth-order valence-corrected chi connectivity index (χ4v) is 1.65. The molecule has 0 aromatic rings. The average Bonchev–Trinajstić information content (AvgIpc) is 1.81. The van der Waals surface area contributed by atoms with Crippen molar-refractivity contribution in [3.8, 4) is 0 Å². The van der Waals surface area contributed by atoms with Gasteiger partial charge in [0, 0.05) is 0 Å². The van der Waals surface area contributed by atoms with Gasteiger partial charge in [-0.15, -0.1) is 0 Å². The minimum atomic E-state index is 0.550. The molecule has 0 radical (unpaired) electrons. The molecule has 0 fully saturated rings. The summed E-state index contributed by atoms with van der Waals surface area (Å²) >= 11 is 0.550. The molecule has 0 aromatic heterocycles. The van der Waals surface area contributed by atoms with Gasteiger partial charge in [0.1, 0.15) is 0 Å². The quantitative estimate of drug-likeness (QED) is 0.317. The van der Waals surface area contributed by atoms with Crippen LogP contribution in [0.1, 0.15) is 13.3 Å². The third-order valence-corrected chi connectivity index (χ3v) is 2.77. The summed E-state index contributed by atoms with van der Waals surface area (Å²) in [5.74, 6) is 0. The van der Waals surface area contributed by atoms with E-state index < -0.39 is 0 Å². The third kappa shape index (κ3) is 6.69. The molecule has 52 valence electrons. The Labute approximate surface area is 62.5 Å². The van der Waals surface area contributed by atoms with Crippen LogP contribution in [0.4, 0.5) is 0 Å². The van der Waals surface area contributed by atoms with Gasteiger partial charge in [-0.2, -0.15) is 0 Å². The van der Waals surface area contributed by atoms with E-state index in [0.29, 0.717) is 21.2 Å². The number of hydrogen-bond donors (Lipinski definition) is 1. The molecule has 0 spiro atoms. The molecule has 0 saturated carbocycles. The fraction of sp³-hybridized carbons (Fsp3) is 1.00. The average molecular weight is 228 g/mol. The molecule has 1 nitrogen and oxygen atoms in total. The zero-order valence-corrected chi connectivity index (χ0v) is 7.86. The molecule has 0 unspecified atom stereocenters. The molecular formula is C6H15IN-. The summed E-state index contributed by atoms with van der Waals surface area (Å²) in [7, 11) is 0. The molecule has 0 amide bonds. The van der Waals surface area contributed by atoms with Gasteiger partial charge in [0.05, 0.1) is 0 Å². The molecule has 0 aliphatic heterocycles. The first-order valence-electron chi connectivity index (χ1n) is 3.06. The molecular weight excluding hydrogens is 213 g/mol. The summed E-state index contributed by atoms with van der Waals surface area (Å²) < 4.78 is 1.48. The van der Waals surface area contributed by atoms with Crippen LogP contribution >= 0.6 is 0 Å². The number of nitrogens with one attached hydrogen (secondary N) is 1. The summed E-state index contributed by atoms with van der Waals surface area (Å²) in [5, 5.41) is 3.30. The van der Waals surface area contributed by atoms with E-state index in [1.165, 1.54) is 17.4 Å². The van der Waals surface area contributed by atoms with Crippen molar-refractivity contribution >= 4 is 0 Å². The molecule has 0 aliphatic carbocycles. The molecule has 8 heavy (non-hydrogen) atoms. The van der Waals surface area contributed by atoms with E-state index in [-0.39, 0.29) is 0 Å². The van der Waals surface area contributed by atoms with Gasteiger partial charge in [-0.05, 0) is 0 Å². The predicted molar refractivity (Wildman–Crippen MR) is 34.0 cm³/mol. The van der Waals surface area contributed by atoms with Crippen molar-refractivity contribution in [2.24, 2.45) is 0 Å². The number of hydrogen-bond acceptors (Lipinski definition) is 1. The predicted octanol–water partition coefficient (Wildman–Crippen LogP) is -2.30. The topological polar surface area (TPSA) is 12.0 Å². The van der Waals surface area contributed by atoms with Gasteiger partial charge in [-0.3, -0.25) is 0 Å². The number of halogens is 1. The van der Waals surface area contributed by atoms with Crippen LogP contribution in [-0.4, -0.2) is 22.4 Å². The van der Waals surface area contributed by atoms with Crippen molar-refractivity contribution in [1.29, 1.82) is 0 Å². The summed E-state index contributed by atoms with van der Waals surface area (Å²) in [5.41, 5.74) is 0. The molecule has 0 aliphatic rings. The summed E-state index contributed by atoms with van der Waals surface area (Å²) in [4.78, 5) is 2.34. The van der Waals surface area contributed by atoms with Crippen LogP contribution in [0.2, 0.25) is 0 Å². The van der Waals surface area contributed by atoms with Gasteiger partial charge in [0.2, 0.25) is 0 Å². The molecule has 0 heterocycles. The second-order valence-electron chi connectivity index (χ2n) is 1.66. The molecule has 0 atom stereocenters. The van der Waals surface area contributed by atoms with Crippen molar-refractivity contribution in [3.63, 3.8) is 0 Å². The summed E-state index contributed by atoms with van der Waals surface area (Å²) in [6.45, 7) is 4.51. The minimum absolute atomic E-state index is 0.550. The van der Waals surface area contributed by atoms with E-state index in [2.05, 4.69) is 17.2 Å². The molecule has 1 N–H and O–H groups in total. The first-order valence-corrected chi connectivity index (χ1v) is 6.74. The van der Waals surface area contributed by atoms with E-state index in [1.807, 2.05) is 0 Å². The Balaban J connectivity index is 2.53. The van der Waals surface area contributed by atoms with Gasteiger partial charge in [-0.1, -0.05) is 0 Å². The van der Waals surface area contributed by atoms with Crippen molar-refractivity contribution in [2.75, 3.05) is 22.4 Å². The van der Waals surface area contributed by atoms with Gasteiger partial charge in [0.25, 0.3) is 0 Å². The normalized spacial score (nSPS) is 10.2. The van der Waals surface area contributed by atoms with Crippen molar-refractivity contribution < 1.29 is 21.2 Å². The Morgan fingerprint density at radius 1 is 1.50 bits per heavy atom. The molecule has 0 bridgehead atoms. The Hall–Kier alpha value is 0.690. The first-order chi connectivity index (χ1) is 3.91. The molecule has 0 saturated heterocycles. The van der Waals surface area contributed by atoms with Crippen molar-refractivity contribution in [2.45, 2.75) is 13.3 Å². The monoisotopic (exact) mass is 228 g/mol. The maximum atomic E-state index is 3.30. The number of alkyl halides is 2. The van der Waals surface area contributed by atoms with Crippen molar-refractivity contribution in [3.05, 3.63) is 0 Å². The third-order valence-electron chi connectivity index (χ3n) is 0.926. The van der Waals surface area contributed by atoms with Crippen LogP contribution < -0.4 is 26.5 Å². The van der Waals surface area contributed by atoms with E-state index >= 15 is 0 Å². The Morgan fingerprint density at radius 3 is 2.75 bits per heavy atom. The van der Waals surface area contributed by atoms with E-state index in [0.717, 1.165) is 6.54 Å². The second-order valence-corrected chi connectivity index (χ2v) is 4.27. The standard InChI is InChI=1S/C6H15IN/c1-3-8-6-4-5-7-2/h8H,3-6H2,1-2H3/q-1. The fourth-order valence-electron chi connectivity index (χ4n) is 0.502. The Bertz CT molecular complexity index is 33.5. The summed E-state index contributed by atoms with van der Waals surface area (Å²) in [6, 6.07) is 0. The van der Waals surface area contributed by atoms with Crippen LogP contribution in [0.5, 0.6) is 0 Å². The van der Waals surface area contributed by atoms with Gasteiger partial charge >= 0.3 is 62.3 Å². The first kappa shape index (κ1) is 8.69. The second kappa shape index (κ2) is 7.69. The molecule has 0 rings (SSSR count). The van der Waals surface area contributed by atoms with Crippen LogP contribution in [0.3, 0.4) is 0 Å². The summed E-state index contributed by atoms with van der Waals surface area (Å²) in [6.07, 6.45) is 1.39. The van der Waals surface area contributed by atoms with E-state index in [1.54, 1.807) is 0 Å². The maximum absolute atomic E-state index is 3.30. The Morgan fingerprint density at radius 2 is 2.25 bits per heavy atom. The van der Waals surface area contributed by atoms with E-state index in [4.69, 9.17) is 0 Å². The number of rotatable bonds is 5. The van der Waals surface area contributed by atoms with Crippen LogP contribution in [0, 0.1) is 0 Å². The van der Waals surface area contributed by atoms with E-state index in [9.17, 15) is 0 Å². The van der Waals surface area contributed by atoms with Gasteiger partial charge in [0.15, 0.2) is 0 Å². The molecule has 0 aromatic carbocycles. The molecule has 2 heteroatoms. The SMILES string of the molecule is CCNCCC[I-]C. The van der Waals surface area contributed by atoms with Gasteiger partial charge in [-0.25, -0.2) is 0 Å². The zero-order valence-electron chi connectivity index (χ0n) is 5.71. The van der Waals surface area contributed by atoms with Gasteiger partial charge < -0.3 is 0 Å².